The van der Waals surface area contributed by atoms with Gasteiger partial charge < -0.3 is 15.4 Å². The number of hydrogen-bond donors (Lipinski definition) is 2. The number of anilines is 2. The summed E-state index contributed by atoms with van der Waals surface area (Å²) in [6, 6.07) is 15.5. The van der Waals surface area contributed by atoms with Gasteiger partial charge in [-0.25, -0.2) is 0 Å². The highest BCUT2D eigenvalue weighted by Gasteiger charge is 2.13. The molecule has 0 atom stereocenters. The van der Waals surface area contributed by atoms with Crippen LogP contribution in [-0.4, -0.2) is 19.6 Å². The van der Waals surface area contributed by atoms with Crippen LogP contribution in [-0.2, 0) is 10.2 Å². The summed E-state index contributed by atoms with van der Waals surface area (Å²) in [6.45, 7) is 6.73. The third-order valence-electron chi connectivity index (χ3n) is 3.59. The average molecular weight is 312 g/mol. The first-order valence-electron chi connectivity index (χ1n) is 7.67. The lowest BCUT2D eigenvalue weighted by Crippen LogP contribution is -2.22. The van der Waals surface area contributed by atoms with Crippen LogP contribution >= 0.6 is 0 Å². The first-order chi connectivity index (χ1) is 10.9. The molecule has 0 unspecified atom stereocenters. The van der Waals surface area contributed by atoms with E-state index in [1.165, 1.54) is 5.56 Å². The number of para-hydroxylation sites is 2. The molecule has 2 aromatic rings. The van der Waals surface area contributed by atoms with E-state index in [4.69, 9.17) is 4.74 Å². The topological polar surface area (TPSA) is 50.4 Å². The van der Waals surface area contributed by atoms with Crippen molar-refractivity contribution in [2.24, 2.45) is 0 Å². The van der Waals surface area contributed by atoms with Crippen molar-refractivity contribution in [1.82, 2.24) is 0 Å². The molecule has 0 spiro atoms. The monoisotopic (exact) mass is 312 g/mol. The number of carbonyl (C=O) groups excluding carboxylic acids is 1. The third kappa shape index (κ3) is 4.74. The molecule has 1 amide bonds. The van der Waals surface area contributed by atoms with Crippen LogP contribution in [0, 0.1) is 0 Å². The van der Waals surface area contributed by atoms with Crippen LogP contribution < -0.4 is 15.4 Å². The summed E-state index contributed by atoms with van der Waals surface area (Å²) in [6.07, 6.45) is 0. The molecule has 0 heterocycles. The molecule has 122 valence electrons. The van der Waals surface area contributed by atoms with Gasteiger partial charge in [-0.2, -0.15) is 0 Å². The summed E-state index contributed by atoms with van der Waals surface area (Å²) < 4.78 is 5.22. The van der Waals surface area contributed by atoms with Gasteiger partial charge in [-0.1, -0.05) is 45.0 Å². The van der Waals surface area contributed by atoms with Gasteiger partial charge in [-0.15, -0.1) is 0 Å². The quantitative estimate of drug-likeness (QED) is 0.876. The molecular formula is C19H24N2O2. The molecule has 2 N–H and O–H groups in total. The van der Waals surface area contributed by atoms with Gasteiger partial charge in [0.2, 0.25) is 5.91 Å². The molecule has 0 radical (unpaired) electrons. The van der Waals surface area contributed by atoms with Crippen LogP contribution in [0.25, 0.3) is 0 Å². The third-order valence-corrected chi connectivity index (χ3v) is 3.59. The SMILES string of the molecule is COc1ccccc1NC(=O)CNc1ccc(C(C)(C)C)cc1. The van der Waals surface area contributed by atoms with Crippen LogP contribution in [0.15, 0.2) is 48.5 Å². The minimum absolute atomic E-state index is 0.116. The van der Waals surface area contributed by atoms with Crippen LogP contribution in [0.2, 0.25) is 0 Å². The fourth-order valence-electron chi connectivity index (χ4n) is 2.21. The molecular weight excluding hydrogens is 288 g/mol. The van der Waals surface area contributed by atoms with Crippen LogP contribution in [0.3, 0.4) is 0 Å². The van der Waals surface area contributed by atoms with E-state index >= 15 is 0 Å². The second kappa shape index (κ2) is 7.18. The predicted octanol–water partition coefficient (Wildman–Crippen LogP) is 4.04. The minimum Gasteiger partial charge on any atom is -0.495 e. The Morgan fingerprint density at radius 3 is 2.30 bits per heavy atom. The van der Waals surface area contributed by atoms with Gasteiger partial charge in [0.05, 0.1) is 19.3 Å². The number of ether oxygens (including phenoxy) is 1. The summed E-state index contributed by atoms with van der Waals surface area (Å²) in [4.78, 5) is 12.1. The fourth-order valence-corrected chi connectivity index (χ4v) is 2.21. The maximum Gasteiger partial charge on any atom is 0.243 e. The number of carbonyl (C=O) groups is 1. The highest BCUT2D eigenvalue weighted by Crippen LogP contribution is 2.24. The van der Waals surface area contributed by atoms with E-state index < -0.39 is 0 Å². The fraction of sp³-hybridized carbons (Fsp3) is 0.316. The number of rotatable bonds is 5. The van der Waals surface area contributed by atoms with E-state index in [9.17, 15) is 4.79 Å². The van der Waals surface area contributed by atoms with Crippen molar-refractivity contribution in [3.63, 3.8) is 0 Å². The van der Waals surface area contributed by atoms with E-state index in [0.29, 0.717) is 11.4 Å². The molecule has 2 aromatic carbocycles. The van der Waals surface area contributed by atoms with Gasteiger partial charge >= 0.3 is 0 Å². The number of benzene rings is 2. The lowest BCUT2D eigenvalue weighted by molar-refractivity contribution is -0.114. The van der Waals surface area contributed by atoms with E-state index in [1.807, 2.05) is 36.4 Å². The van der Waals surface area contributed by atoms with Gasteiger partial charge in [0, 0.05) is 5.69 Å². The first kappa shape index (κ1) is 16.9. The Labute approximate surface area is 137 Å². The van der Waals surface area contributed by atoms with Gasteiger partial charge in [-0.3, -0.25) is 4.79 Å². The Morgan fingerprint density at radius 2 is 1.70 bits per heavy atom. The van der Waals surface area contributed by atoms with Crippen molar-refractivity contribution in [2.75, 3.05) is 24.3 Å². The highest BCUT2D eigenvalue weighted by molar-refractivity contribution is 5.95. The van der Waals surface area contributed by atoms with Crippen molar-refractivity contribution in [1.29, 1.82) is 0 Å². The van der Waals surface area contributed by atoms with Crippen molar-refractivity contribution in [2.45, 2.75) is 26.2 Å². The summed E-state index contributed by atoms with van der Waals surface area (Å²) >= 11 is 0. The number of nitrogens with one attached hydrogen (secondary N) is 2. The molecule has 4 nitrogen and oxygen atoms in total. The van der Waals surface area contributed by atoms with Gasteiger partial charge in [0.15, 0.2) is 0 Å². The van der Waals surface area contributed by atoms with Gasteiger partial charge in [0.1, 0.15) is 5.75 Å². The molecule has 0 saturated heterocycles. The number of methoxy groups -OCH3 is 1. The Balaban J connectivity index is 1.92. The van der Waals surface area contributed by atoms with E-state index in [-0.39, 0.29) is 17.9 Å². The van der Waals surface area contributed by atoms with Gasteiger partial charge in [0.25, 0.3) is 0 Å². The van der Waals surface area contributed by atoms with Crippen LogP contribution in [0.1, 0.15) is 26.3 Å². The maximum absolute atomic E-state index is 12.1. The predicted molar refractivity (Wildman–Crippen MR) is 95.3 cm³/mol. The second-order valence-electron chi connectivity index (χ2n) is 6.43. The minimum atomic E-state index is -0.116. The lowest BCUT2D eigenvalue weighted by Gasteiger charge is -2.19. The van der Waals surface area contributed by atoms with E-state index in [0.717, 1.165) is 5.69 Å². The zero-order valence-corrected chi connectivity index (χ0v) is 14.1. The Morgan fingerprint density at radius 1 is 1.04 bits per heavy atom. The Bertz CT molecular complexity index is 658. The maximum atomic E-state index is 12.1. The summed E-state index contributed by atoms with van der Waals surface area (Å²) in [7, 11) is 1.58. The van der Waals surface area contributed by atoms with Crippen molar-refractivity contribution < 1.29 is 9.53 Å². The lowest BCUT2D eigenvalue weighted by atomic mass is 9.87. The average Bonchev–Trinajstić information content (AvgIpc) is 2.53. The van der Waals surface area contributed by atoms with Gasteiger partial charge in [-0.05, 0) is 35.2 Å². The molecule has 0 aliphatic carbocycles. The Kier molecular flexibility index (Phi) is 5.27. The summed E-state index contributed by atoms with van der Waals surface area (Å²) in [5.41, 5.74) is 2.99. The molecule has 4 heteroatoms. The van der Waals surface area contributed by atoms with Crippen molar-refractivity contribution >= 4 is 17.3 Å². The molecule has 2 rings (SSSR count). The second-order valence-corrected chi connectivity index (χ2v) is 6.43. The van der Waals surface area contributed by atoms with Crippen molar-refractivity contribution in [3.8, 4) is 5.75 Å². The molecule has 0 saturated carbocycles. The zero-order valence-electron chi connectivity index (χ0n) is 14.1. The standard InChI is InChI=1S/C19H24N2O2/c1-19(2,3)14-9-11-15(12-10-14)20-13-18(22)21-16-7-5-6-8-17(16)23-4/h5-12,20H,13H2,1-4H3,(H,21,22). The largest absolute Gasteiger partial charge is 0.495 e. The van der Waals surface area contributed by atoms with Crippen LogP contribution in [0.4, 0.5) is 11.4 Å². The normalized spacial score (nSPS) is 11.0. The molecule has 23 heavy (non-hydrogen) atoms. The summed E-state index contributed by atoms with van der Waals surface area (Å²) in [5.74, 6) is 0.532. The zero-order chi connectivity index (χ0) is 16.9. The smallest absolute Gasteiger partial charge is 0.243 e. The van der Waals surface area contributed by atoms with E-state index in [2.05, 4.69) is 43.5 Å². The first-order valence-corrected chi connectivity index (χ1v) is 7.67. The molecule has 0 aliphatic heterocycles. The van der Waals surface area contributed by atoms with E-state index in [1.54, 1.807) is 7.11 Å². The molecule has 0 aromatic heterocycles. The highest BCUT2D eigenvalue weighted by atomic mass is 16.5. The molecule has 0 aliphatic rings. The molecule has 0 fully saturated rings. The van der Waals surface area contributed by atoms with Crippen molar-refractivity contribution in [3.05, 3.63) is 54.1 Å². The number of hydrogen-bond acceptors (Lipinski definition) is 3. The van der Waals surface area contributed by atoms with Crippen LogP contribution in [0.5, 0.6) is 5.75 Å². The number of amides is 1. The molecule has 0 bridgehead atoms. The summed E-state index contributed by atoms with van der Waals surface area (Å²) in [5, 5.41) is 5.97. The Hall–Kier alpha value is -2.49.